The zero-order chi connectivity index (χ0) is 15.9. The molecule has 0 unspecified atom stereocenters. The Morgan fingerprint density at radius 3 is 2.68 bits per heavy atom. The molecule has 0 saturated heterocycles. The Morgan fingerprint density at radius 2 is 2.00 bits per heavy atom. The van der Waals surface area contributed by atoms with Crippen LogP contribution in [0.4, 0.5) is 10.1 Å². The highest BCUT2D eigenvalue weighted by molar-refractivity contribution is 9.11. The van der Waals surface area contributed by atoms with Crippen molar-refractivity contribution in [3.05, 3.63) is 56.2 Å². The molecule has 6 heteroatoms. The first-order valence-electron chi connectivity index (χ1n) is 6.35. The fraction of sp³-hybridized carbons (Fsp3) is 0.0625. The number of hydrogen-bond donors (Lipinski definition) is 1. The molecule has 1 aliphatic heterocycles. The smallest absolute Gasteiger partial charge is 0.256 e. The first kappa shape index (κ1) is 15.2. The van der Waals surface area contributed by atoms with Crippen LogP contribution in [0.3, 0.4) is 0 Å². The normalized spacial score (nSPS) is 14.9. The van der Waals surface area contributed by atoms with Crippen LogP contribution in [0.2, 0.25) is 0 Å². The van der Waals surface area contributed by atoms with Gasteiger partial charge in [-0.05, 0) is 51.8 Å². The van der Waals surface area contributed by atoms with E-state index in [9.17, 15) is 9.18 Å². The third-order valence-electron chi connectivity index (χ3n) is 3.32. The van der Waals surface area contributed by atoms with E-state index in [1.807, 2.05) is 12.1 Å². The average Bonchev–Trinajstić information content (AvgIpc) is 2.77. The molecule has 1 amide bonds. The predicted octanol–water partition coefficient (Wildman–Crippen LogP) is 4.85. The maximum absolute atomic E-state index is 13.8. The van der Waals surface area contributed by atoms with Gasteiger partial charge in [-0.1, -0.05) is 22.0 Å². The highest BCUT2D eigenvalue weighted by Crippen LogP contribution is 2.40. The number of methoxy groups -OCH3 is 1. The third kappa shape index (κ3) is 2.68. The van der Waals surface area contributed by atoms with Crippen molar-refractivity contribution in [1.29, 1.82) is 0 Å². The number of anilines is 1. The van der Waals surface area contributed by atoms with E-state index >= 15 is 0 Å². The standard InChI is InChI=1S/C16H10Br2FNO2/c1-22-14-3-2-8(5-13(14)19)4-11-10-6-9(17)7-12(18)15(10)20-16(11)21/h2-7H,1H3,(H,20,21). The number of halogens is 3. The van der Waals surface area contributed by atoms with Crippen molar-refractivity contribution in [2.24, 2.45) is 0 Å². The van der Waals surface area contributed by atoms with Gasteiger partial charge in [0.1, 0.15) is 0 Å². The Bertz CT molecular complexity index is 818. The Kier molecular flexibility index (Phi) is 4.06. The number of amides is 1. The van der Waals surface area contributed by atoms with Crippen LogP contribution < -0.4 is 10.1 Å². The van der Waals surface area contributed by atoms with Crippen LogP contribution in [0.1, 0.15) is 11.1 Å². The monoisotopic (exact) mass is 425 g/mol. The molecule has 3 nitrogen and oxygen atoms in total. The minimum absolute atomic E-state index is 0.170. The van der Waals surface area contributed by atoms with E-state index < -0.39 is 5.82 Å². The molecular formula is C16H10Br2FNO2. The molecule has 1 N–H and O–H groups in total. The lowest BCUT2D eigenvalue weighted by Crippen LogP contribution is -2.03. The summed E-state index contributed by atoms with van der Waals surface area (Å²) in [6.45, 7) is 0. The molecule has 0 bridgehead atoms. The van der Waals surface area contributed by atoms with Crippen molar-refractivity contribution < 1.29 is 13.9 Å². The second-order valence-electron chi connectivity index (χ2n) is 4.72. The second-order valence-corrected chi connectivity index (χ2v) is 6.49. The van der Waals surface area contributed by atoms with Gasteiger partial charge >= 0.3 is 0 Å². The molecule has 2 aromatic carbocycles. The number of fused-ring (bicyclic) bond motifs is 1. The van der Waals surface area contributed by atoms with Gasteiger partial charge in [-0.25, -0.2) is 4.39 Å². The topological polar surface area (TPSA) is 38.3 Å². The molecule has 112 valence electrons. The largest absolute Gasteiger partial charge is 0.494 e. The van der Waals surface area contributed by atoms with E-state index in [-0.39, 0.29) is 11.7 Å². The van der Waals surface area contributed by atoms with E-state index in [1.54, 1.807) is 12.1 Å². The number of benzene rings is 2. The van der Waals surface area contributed by atoms with E-state index in [0.29, 0.717) is 16.8 Å². The molecule has 0 atom stereocenters. The van der Waals surface area contributed by atoms with Crippen LogP contribution in [0, 0.1) is 5.82 Å². The summed E-state index contributed by atoms with van der Waals surface area (Å²) >= 11 is 6.83. The number of carbonyl (C=O) groups excluding carboxylic acids is 1. The molecule has 1 aliphatic rings. The second kappa shape index (κ2) is 5.85. The highest BCUT2D eigenvalue weighted by Gasteiger charge is 2.26. The fourth-order valence-electron chi connectivity index (χ4n) is 2.30. The lowest BCUT2D eigenvalue weighted by Gasteiger charge is -2.04. The van der Waals surface area contributed by atoms with Crippen molar-refractivity contribution in [3.63, 3.8) is 0 Å². The van der Waals surface area contributed by atoms with Crippen LogP contribution in [0.15, 0.2) is 39.3 Å². The first-order valence-corrected chi connectivity index (χ1v) is 7.94. The van der Waals surface area contributed by atoms with Crippen LogP contribution in [-0.2, 0) is 4.79 Å². The molecule has 0 aliphatic carbocycles. The van der Waals surface area contributed by atoms with Crippen molar-refractivity contribution in [2.45, 2.75) is 0 Å². The van der Waals surface area contributed by atoms with Gasteiger partial charge in [-0.15, -0.1) is 0 Å². The number of ether oxygens (including phenoxy) is 1. The molecule has 0 aromatic heterocycles. The van der Waals surface area contributed by atoms with Gasteiger partial charge in [-0.3, -0.25) is 4.79 Å². The van der Waals surface area contributed by atoms with E-state index in [0.717, 1.165) is 14.5 Å². The van der Waals surface area contributed by atoms with Crippen molar-refractivity contribution >= 4 is 55.1 Å². The highest BCUT2D eigenvalue weighted by atomic mass is 79.9. The molecule has 22 heavy (non-hydrogen) atoms. The quantitative estimate of drug-likeness (QED) is 0.697. The zero-order valence-electron chi connectivity index (χ0n) is 11.4. The summed E-state index contributed by atoms with van der Waals surface area (Å²) in [6.07, 6.45) is 1.66. The molecule has 0 fully saturated rings. The minimum atomic E-state index is -0.467. The first-order chi connectivity index (χ1) is 10.5. The number of hydrogen-bond acceptors (Lipinski definition) is 2. The lowest BCUT2D eigenvalue weighted by atomic mass is 10.0. The summed E-state index contributed by atoms with van der Waals surface area (Å²) < 4.78 is 20.3. The van der Waals surface area contributed by atoms with Crippen molar-refractivity contribution in [2.75, 3.05) is 12.4 Å². The molecular weight excluding hydrogens is 417 g/mol. The van der Waals surface area contributed by atoms with Crippen LogP contribution in [0.25, 0.3) is 11.6 Å². The van der Waals surface area contributed by atoms with E-state index in [4.69, 9.17) is 4.74 Å². The number of nitrogens with one attached hydrogen (secondary N) is 1. The van der Waals surface area contributed by atoms with Gasteiger partial charge in [0.25, 0.3) is 5.91 Å². The summed E-state index contributed by atoms with van der Waals surface area (Å²) in [5.74, 6) is -0.514. The Hall–Kier alpha value is -1.66. The third-order valence-corrected chi connectivity index (χ3v) is 4.40. The molecule has 0 radical (unpaired) electrons. The Morgan fingerprint density at radius 1 is 1.23 bits per heavy atom. The average molecular weight is 427 g/mol. The summed E-state index contributed by atoms with van der Waals surface area (Å²) in [4.78, 5) is 12.2. The van der Waals surface area contributed by atoms with E-state index in [2.05, 4.69) is 37.2 Å². The van der Waals surface area contributed by atoms with Gasteiger partial charge in [0.05, 0.1) is 12.8 Å². The lowest BCUT2D eigenvalue weighted by molar-refractivity contribution is -0.110. The SMILES string of the molecule is COc1ccc(C=C2C(=O)Nc3c(Br)cc(Br)cc32)cc1F. The summed E-state index contributed by atoms with van der Waals surface area (Å²) in [7, 11) is 1.41. The van der Waals surface area contributed by atoms with Crippen LogP contribution >= 0.6 is 31.9 Å². The predicted molar refractivity (Wildman–Crippen MR) is 91.3 cm³/mol. The number of carbonyl (C=O) groups is 1. The van der Waals surface area contributed by atoms with Gasteiger partial charge < -0.3 is 10.1 Å². The minimum Gasteiger partial charge on any atom is -0.494 e. The van der Waals surface area contributed by atoms with Crippen molar-refractivity contribution in [1.82, 2.24) is 0 Å². The van der Waals surface area contributed by atoms with Gasteiger partial charge in [0.15, 0.2) is 11.6 Å². The summed E-state index contributed by atoms with van der Waals surface area (Å²) in [5.41, 5.74) is 2.56. The fourth-order valence-corrected chi connectivity index (χ4v) is 3.62. The van der Waals surface area contributed by atoms with Gasteiger partial charge in [-0.2, -0.15) is 0 Å². The molecule has 2 aromatic rings. The molecule has 0 spiro atoms. The molecule has 1 heterocycles. The van der Waals surface area contributed by atoms with E-state index in [1.165, 1.54) is 19.2 Å². The molecule has 3 rings (SSSR count). The molecule has 0 saturated carbocycles. The van der Waals surface area contributed by atoms with Crippen LogP contribution in [-0.4, -0.2) is 13.0 Å². The van der Waals surface area contributed by atoms with Gasteiger partial charge in [0.2, 0.25) is 0 Å². The summed E-state index contributed by atoms with van der Waals surface area (Å²) in [5, 5.41) is 2.81. The number of rotatable bonds is 2. The van der Waals surface area contributed by atoms with Crippen LogP contribution in [0.5, 0.6) is 5.75 Å². The Labute approximate surface area is 143 Å². The maximum Gasteiger partial charge on any atom is 0.256 e. The Balaban J connectivity index is 2.10. The maximum atomic E-state index is 13.8. The van der Waals surface area contributed by atoms with Gasteiger partial charge in [0, 0.05) is 20.1 Å². The van der Waals surface area contributed by atoms with Crippen molar-refractivity contribution in [3.8, 4) is 5.75 Å². The summed E-state index contributed by atoms with van der Waals surface area (Å²) in [6, 6.07) is 8.28. The zero-order valence-corrected chi connectivity index (χ0v) is 14.6.